The van der Waals surface area contributed by atoms with Crippen molar-refractivity contribution in [3.63, 3.8) is 0 Å². The van der Waals surface area contributed by atoms with E-state index in [0.717, 1.165) is 29.4 Å². The zero-order chi connectivity index (χ0) is 25.0. The van der Waals surface area contributed by atoms with Gasteiger partial charge in [0.15, 0.2) is 5.82 Å². The Labute approximate surface area is 208 Å². The van der Waals surface area contributed by atoms with Crippen LogP contribution in [-0.4, -0.2) is 72.0 Å². The summed E-state index contributed by atoms with van der Waals surface area (Å²) in [5.41, 5.74) is 8.53. The minimum absolute atomic E-state index is 0.125. The second-order valence-electron chi connectivity index (χ2n) is 7.41. The van der Waals surface area contributed by atoms with E-state index in [1.807, 2.05) is 36.7 Å². The molecule has 1 aliphatic rings. The van der Waals surface area contributed by atoms with Crippen molar-refractivity contribution in [1.29, 1.82) is 0 Å². The molecule has 0 unspecified atom stereocenters. The van der Waals surface area contributed by atoms with E-state index in [1.165, 1.54) is 0 Å². The number of aliphatic hydroxyl groups is 2. The van der Waals surface area contributed by atoms with Crippen molar-refractivity contribution in [3.8, 4) is 11.4 Å². The van der Waals surface area contributed by atoms with E-state index in [2.05, 4.69) is 20.5 Å². The van der Waals surface area contributed by atoms with Crippen molar-refractivity contribution < 1.29 is 19.7 Å². The fraction of sp³-hybridized carbons (Fsp3) is 0.292. The number of nitrogens with two attached hydrogens (primary N) is 1. The molecule has 11 heteroatoms. The van der Waals surface area contributed by atoms with Crippen molar-refractivity contribution in [2.45, 2.75) is 4.90 Å². The van der Waals surface area contributed by atoms with E-state index in [9.17, 15) is 4.79 Å². The highest BCUT2D eigenvalue weighted by Crippen LogP contribution is 2.29. The topological polar surface area (TPSA) is 146 Å². The van der Waals surface area contributed by atoms with E-state index < -0.39 is 0 Å². The molecule has 3 aromatic rings. The highest BCUT2D eigenvalue weighted by molar-refractivity contribution is 7.98. The third-order valence-corrected chi connectivity index (χ3v) is 5.66. The number of ether oxygens (including phenoxy) is 1. The predicted molar refractivity (Wildman–Crippen MR) is 140 cm³/mol. The number of nitrogens with zero attached hydrogens (tertiary/aromatic N) is 3. The first kappa shape index (κ1) is 26.2. The van der Waals surface area contributed by atoms with E-state index in [0.29, 0.717) is 36.1 Å². The molecule has 2 aromatic carbocycles. The van der Waals surface area contributed by atoms with Crippen molar-refractivity contribution in [2.24, 2.45) is 0 Å². The SMILES string of the molecule is CSc1cnc(-c2ccc(NC(=O)Nc3ccc(N)cc3)cc2)nc1N1CCOCC1.OCCO. The van der Waals surface area contributed by atoms with Crippen molar-refractivity contribution in [3.05, 3.63) is 54.7 Å². The average molecular weight is 499 g/mol. The molecular formula is C24H30N6O4S. The Hall–Kier alpha value is -3.38. The molecule has 6 N–H and O–H groups in total. The molecule has 1 saturated heterocycles. The second kappa shape index (κ2) is 13.5. The van der Waals surface area contributed by atoms with Crippen LogP contribution in [0.5, 0.6) is 0 Å². The first-order chi connectivity index (χ1) is 17.0. The van der Waals surface area contributed by atoms with Crippen molar-refractivity contribution in [1.82, 2.24) is 9.97 Å². The van der Waals surface area contributed by atoms with Crippen LogP contribution in [0.1, 0.15) is 0 Å². The molecule has 35 heavy (non-hydrogen) atoms. The number of carbonyl (C=O) groups is 1. The molecular weight excluding hydrogens is 468 g/mol. The van der Waals surface area contributed by atoms with Gasteiger partial charge in [0.25, 0.3) is 0 Å². The Morgan fingerprint density at radius 3 is 2.14 bits per heavy atom. The Morgan fingerprint density at radius 2 is 1.60 bits per heavy atom. The molecule has 0 spiro atoms. The largest absolute Gasteiger partial charge is 0.399 e. The lowest BCUT2D eigenvalue weighted by Crippen LogP contribution is -2.37. The maximum absolute atomic E-state index is 12.2. The molecule has 1 fully saturated rings. The van der Waals surface area contributed by atoms with Crippen LogP contribution in [0, 0.1) is 0 Å². The number of amides is 2. The highest BCUT2D eigenvalue weighted by atomic mass is 32.2. The van der Waals surface area contributed by atoms with Gasteiger partial charge in [-0.2, -0.15) is 0 Å². The van der Waals surface area contributed by atoms with Gasteiger partial charge in [-0.05, 0) is 54.8 Å². The number of nitrogens with one attached hydrogen (secondary N) is 2. The van der Waals surface area contributed by atoms with Gasteiger partial charge >= 0.3 is 6.03 Å². The van der Waals surface area contributed by atoms with Crippen LogP contribution in [0.15, 0.2) is 59.6 Å². The van der Waals surface area contributed by atoms with Crippen LogP contribution in [0.2, 0.25) is 0 Å². The second-order valence-corrected chi connectivity index (χ2v) is 8.26. The molecule has 0 radical (unpaired) electrons. The summed E-state index contributed by atoms with van der Waals surface area (Å²) in [4.78, 5) is 24.8. The zero-order valence-corrected chi connectivity index (χ0v) is 20.3. The lowest BCUT2D eigenvalue weighted by Gasteiger charge is -2.29. The first-order valence-corrected chi connectivity index (χ1v) is 12.3. The molecule has 4 rings (SSSR count). The summed E-state index contributed by atoms with van der Waals surface area (Å²) in [6.45, 7) is 2.78. The number of thioether (sulfide) groups is 1. The molecule has 186 valence electrons. The lowest BCUT2D eigenvalue weighted by molar-refractivity contribution is 0.122. The Balaban J connectivity index is 0.000000795. The maximum atomic E-state index is 12.2. The van der Waals surface area contributed by atoms with Crippen LogP contribution in [0.3, 0.4) is 0 Å². The van der Waals surface area contributed by atoms with Gasteiger partial charge in [-0.1, -0.05) is 0 Å². The Morgan fingerprint density at radius 1 is 1.03 bits per heavy atom. The average Bonchev–Trinajstić information content (AvgIpc) is 2.90. The van der Waals surface area contributed by atoms with Gasteiger partial charge in [0.05, 0.1) is 31.3 Å². The Bertz CT molecular complexity index is 1070. The quantitative estimate of drug-likeness (QED) is 0.256. The third kappa shape index (κ3) is 7.82. The molecule has 2 amide bonds. The highest BCUT2D eigenvalue weighted by Gasteiger charge is 2.18. The maximum Gasteiger partial charge on any atom is 0.323 e. The molecule has 0 bridgehead atoms. The Kier molecular flexibility index (Phi) is 10.1. The fourth-order valence-corrected chi connectivity index (χ4v) is 3.72. The fourth-order valence-electron chi connectivity index (χ4n) is 3.21. The molecule has 1 aromatic heterocycles. The van der Waals surface area contributed by atoms with Gasteiger partial charge in [-0.15, -0.1) is 11.8 Å². The third-order valence-electron chi connectivity index (χ3n) is 4.94. The first-order valence-electron chi connectivity index (χ1n) is 11.0. The van der Waals surface area contributed by atoms with Gasteiger partial charge in [0.1, 0.15) is 5.82 Å². The van der Waals surface area contributed by atoms with Crippen LogP contribution >= 0.6 is 11.8 Å². The zero-order valence-electron chi connectivity index (χ0n) is 19.5. The number of urea groups is 1. The number of benzene rings is 2. The minimum atomic E-state index is -0.326. The molecule has 2 heterocycles. The molecule has 0 atom stereocenters. The van der Waals surface area contributed by atoms with Crippen molar-refractivity contribution >= 4 is 40.7 Å². The minimum Gasteiger partial charge on any atom is -0.399 e. The van der Waals surface area contributed by atoms with Gasteiger partial charge in [0.2, 0.25) is 0 Å². The normalized spacial score (nSPS) is 12.9. The van der Waals surface area contributed by atoms with Gasteiger partial charge < -0.3 is 36.2 Å². The lowest BCUT2D eigenvalue weighted by atomic mass is 10.2. The summed E-state index contributed by atoms with van der Waals surface area (Å²) in [5.74, 6) is 1.59. The van der Waals surface area contributed by atoms with E-state index >= 15 is 0 Å². The summed E-state index contributed by atoms with van der Waals surface area (Å²) in [5, 5.41) is 20.8. The molecule has 0 saturated carbocycles. The van der Waals surface area contributed by atoms with E-state index in [4.69, 9.17) is 25.7 Å². The van der Waals surface area contributed by atoms with Gasteiger partial charge in [-0.3, -0.25) is 0 Å². The van der Waals surface area contributed by atoms with Gasteiger partial charge in [0, 0.05) is 41.9 Å². The number of hydrogen-bond acceptors (Lipinski definition) is 9. The van der Waals surface area contributed by atoms with E-state index in [1.54, 1.807) is 36.0 Å². The number of hydrogen-bond donors (Lipinski definition) is 5. The van der Waals surface area contributed by atoms with Crippen LogP contribution in [0.4, 0.5) is 27.7 Å². The number of anilines is 4. The summed E-state index contributed by atoms with van der Waals surface area (Å²) in [6, 6.07) is 14.1. The molecule has 1 aliphatic heterocycles. The summed E-state index contributed by atoms with van der Waals surface area (Å²) < 4.78 is 5.46. The molecule has 10 nitrogen and oxygen atoms in total. The summed E-state index contributed by atoms with van der Waals surface area (Å²) >= 11 is 1.63. The standard InChI is InChI=1S/C22H24N6O2S.C2H6O2/c1-31-19-14-24-20(27-21(19)28-10-12-30-13-11-28)15-2-6-17(7-3-15)25-22(29)26-18-8-4-16(23)5-9-18;3-1-2-4/h2-9,14H,10-13,23H2,1H3,(H2,25,26,29);3-4H,1-2H2. The van der Waals surface area contributed by atoms with Gasteiger partial charge in [-0.25, -0.2) is 14.8 Å². The number of aliphatic hydroxyl groups excluding tert-OH is 2. The number of morpholine rings is 1. The van der Waals surface area contributed by atoms with Crippen molar-refractivity contribution in [2.75, 3.05) is 67.0 Å². The summed E-state index contributed by atoms with van der Waals surface area (Å²) in [7, 11) is 0. The summed E-state index contributed by atoms with van der Waals surface area (Å²) in [6.07, 6.45) is 3.89. The van der Waals surface area contributed by atoms with Crippen LogP contribution in [0.25, 0.3) is 11.4 Å². The predicted octanol–water partition coefficient (Wildman–Crippen LogP) is 2.90. The smallest absolute Gasteiger partial charge is 0.323 e. The number of aromatic nitrogens is 2. The number of rotatable bonds is 6. The van der Waals surface area contributed by atoms with E-state index in [-0.39, 0.29) is 19.2 Å². The van der Waals surface area contributed by atoms with Crippen LogP contribution in [-0.2, 0) is 4.74 Å². The number of nitrogen functional groups attached to an aromatic ring is 1. The van der Waals surface area contributed by atoms with Crippen LogP contribution < -0.4 is 21.3 Å². The monoisotopic (exact) mass is 498 g/mol. The number of carbonyl (C=O) groups excluding carboxylic acids is 1. The molecule has 0 aliphatic carbocycles.